The van der Waals surface area contributed by atoms with Crippen molar-refractivity contribution < 1.29 is 22.3 Å². The lowest BCUT2D eigenvalue weighted by Gasteiger charge is -2.25. The standard InChI is InChI=1S/C12H15F2NO3S3/c13-9-3-10(14)5-11(4-9)21(17,18)15-6-12(16)7-19-1-2-20-8-12/h3-5,15-16H,1-2,6-8H2. The van der Waals surface area contributed by atoms with Crippen LogP contribution in [0.25, 0.3) is 0 Å². The predicted molar refractivity (Wildman–Crippen MR) is 81.1 cm³/mol. The Labute approximate surface area is 130 Å². The van der Waals surface area contributed by atoms with Gasteiger partial charge in [0.2, 0.25) is 10.0 Å². The van der Waals surface area contributed by atoms with Crippen molar-refractivity contribution in [3.05, 3.63) is 29.8 Å². The van der Waals surface area contributed by atoms with Crippen molar-refractivity contribution >= 4 is 33.5 Å². The first-order chi connectivity index (χ1) is 9.81. The summed E-state index contributed by atoms with van der Waals surface area (Å²) >= 11 is 3.10. The number of aliphatic hydroxyl groups is 1. The van der Waals surface area contributed by atoms with Gasteiger partial charge in [0, 0.05) is 35.6 Å². The maximum absolute atomic E-state index is 13.1. The van der Waals surface area contributed by atoms with E-state index in [4.69, 9.17) is 0 Å². The SMILES string of the molecule is O=S(=O)(NCC1(O)CSCCSC1)c1cc(F)cc(F)c1. The molecule has 1 heterocycles. The Kier molecular flexibility index (Phi) is 5.53. The molecule has 0 bridgehead atoms. The quantitative estimate of drug-likeness (QED) is 0.856. The average molecular weight is 355 g/mol. The Bertz CT molecular complexity index is 582. The lowest BCUT2D eigenvalue weighted by atomic mass is 10.1. The van der Waals surface area contributed by atoms with Crippen LogP contribution in [0.4, 0.5) is 8.78 Å². The molecule has 0 spiro atoms. The molecular weight excluding hydrogens is 340 g/mol. The topological polar surface area (TPSA) is 66.4 Å². The summed E-state index contributed by atoms with van der Waals surface area (Å²) in [7, 11) is -4.06. The van der Waals surface area contributed by atoms with Gasteiger partial charge in [-0.15, -0.1) is 0 Å². The van der Waals surface area contributed by atoms with Crippen LogP contribution in [0.2, 0.25) is 0 Å². The molecule has 2 rings (SSSR count). The fourth-order valence-electron chi connectivity index (χ4n) is 1.78. The van der Waals surface area contributed by atoms with Gasteiger partial charge in [0.15, 0.2) is 0 Å². The van der Waals surface area contributed by atoms with Gasteiger partial charge in [-0.25, -0.2) is 21.9 Å². The van der Waals surface area contributed by atoms with Crippen molar-refractivity contribution in [1.82, 2.24) is 4.72 Å². The van der Waals surface area contributed by atoms with Crippen LogP contribution in [0.3, 0.4) is 0 Å². The molecule has 1 aromatic rings. The molecule has 0 radical (unpaired) electrons. The highest BCUT2D eigenvalue weighted by molar-refractivity contribution is 8.03. The zero-order chi connectivity index (χ0) is 15.5. The minimum atomic E-state index is -4.06. The summed E-state index contributed by atoms with van der Waals surface area (Å²) in [6.45, 7) is -0.187. The molecule has 1 saturated heterocycles. The molecule has 118 valence electrons. The smallest absolute Gasteiger partial charge is 0.240 e. The Morgan fingerprint density at radius 3 is 2.19 bits per heavy atom. The third-order valence-electron chi connectivity index (χ3n) is 2.85. The molecular formula is C12H15F2NO3S3. The van der Waals surface area contributed by atoms with E-state index in [9.17, 15) is 22.3 Å². The van der Waals surface area contributed by atoms with E-state index >= 15 is 0 Å². The highest BCUT2D eigenvalue weighted by atomic mass is 32.2. The molecule has 0 aliphatic carbocycles. The maximum atomic E-state index is 13.1. The van der Waals surface area contributed by atoms with Crippen LogP contribution >= 0.6 is 23.5 Å². The number of nitrogens with one attached hydrogen (secondary N) is 1. The summed E-state index contributed by atoms with van der Waals surface area (Å²) in [5.74, 6) is 0.702. The Hall–Kier alpha value is -0.350. The Morgan fingerprint density at radius 1 is 1.14 bits per heavy atom. The maximum Gasteiger partial charge on any atom is 0.240 e. The van der Waals surface area contributed by atoms with Crippen LogP contribution in [0.5, 0.6) is 0 Å². The van der Waals surface area contributed by atoms with E-state index in [0.29, 0.717) is 17.6 Å². The van der Waals surface area contributed by atoms with E-state index in [1.807, 2.05) is 0 Å². The van der Waals surface area contributed by atoms with Crippen LogP contribution < -0.4 is 4.72 Å². The normalized spacial score (nSPS) is 19.2. The molecule has 0 amide bonds. The lowest BCUT2D eigenvalue weighted by Crippen LogP contribution is -2.46. The molecule has 0 unspecified atom stereocenters. The number of rotatable bonds is 4. The van der Waals surface area contributed by atoms with Gasteiger partial charge < -0.3 is 5.11 Å². The first kappa shape index (κ1) is 17.0. The molecule has 1 aliphatic rings. The van der Waals surface area contributed by atoms with E-state index in [2.05, 4.69) is 4.72 Å². The van der Waals surface area contributed by atoms with Gasteiger partial charge in [0.05, 0.1) is 10.5 Å². The summed E-state index contributed by atoms with van der Waals surface area (Å²) in [4.78, 5) is -0.488. The van der Waals surface area contributed by atoms with E-state index in [1.54, 1.807) is 23.5 Å². The van der Waals surface area contributed by atoms with Gasteiger partial charge >= 0.3 is 0 Å². The molecule has 4 nitrogen and oxygen atoms in total. The van der Waals surface area contributed by atoms with Crippen LogP contribution in [-0.4, -0.2) is 48.7 Å². The van der Waals surface area contributed by atoms with Crippen molar-refractivity contribution in [3.8, 4) is 0 Å². The average Bonchev–Trinajstić information content (AvgIpc) is 2.61. The lowest BCUT2D eigenvalue weighted by molar-refractivity contribution is 0.0962. The largest absolute Gasteiger partial charge is 0.387 e. The third kappa shape index (κ3) is 4.82. The molecule has 1 aliphatic heterocycles. The van der Waals surface area contributed by atoms with Crippen LogP contribution in [0.15, 0.2) is 23.1 Å². The van der Waals surface area contributed by atoms with E-state index in [0.717, 1.165) is 23.6 Å². The van der Waals surface area contributed by atoms with Crippen molar-refractivity contribution in [2.45, 2.75) is 10.5 Å². The minimum absolute atomic E-state index is 0.187. The summed E-state index contributed by atoms with van der Waals surface area (Å²) in [6, 6.07) is 2.09. The molecule has 0 saturated carbocycles. The minimum Gasteiger partial charge on any atom is -0.387 e. The van der Waals surface area contributed by atoms with Crippen LogP contribution in [0, 0.1) is 11.6 Å². The zero-order valence-electron chi connectivity index (χ0n) is 11.0. The second-order valence-electron chi connectivity index (χ2n) is 4.76. The second kappa shape index (κ2) is 6.82. The van der Waals surface area contributed by atoms with Gasteiger partial charge in [-0.1, -0.05) is 0 Å². The molecule has 1 aromatic carbocycles. The van der Waals surface area contributed by atoms with Crippen molar-refractivity contribution in [2.75, 3.05) is 29.6 Å². The summed E-state index contributed by atoms with van der Waals surface area (Å²) < 4.78 is 52.5. The highest BCUT2D eigenvalue weighted by Crippen LogP contribution is 2.24. The number of hydrogen-bond acceptors (Lipinski definition) is 5. The predicted octanol–water partition coefficient (Wildman–Crippen LogP) is 1.45. The zero-order valence-corrected chi connectivity index (χ0v) is 13.5. The van der Waals surface area contributed by atoms with Crippen molar-refractivity contribution in [1.29, 1.82) is 0 Å². The van der Waals surface area contributed by atoms with E-state index < -0.39 is 32.2 Å². The van der Waals surface area contributed by atoms with Gasteiger partial charge in [-0.05, 0) is 12.1 Å². The van der Waals surface area contributed by atoms with Gasteiger partial charge in [-0.3, -0.25) is 0 Å². The number of sulfonamides is 1. The summed E-state index contributed by atoms with van der Waals surface area (Å²) in [5.41, 5.74) is -1.16. The van der Waals surface area contributed by atoms with E-state index in [1.165, 1.54) is 0 Å². The molecule has 9 heteroatoms. The van der Waals surface area contributed by atoms with Crippen molar-refractivity contribution in [2.24, 2.45) is 0 Å². The third-order valence-corrected chi connectivity index (χ3v) is 6.96. The number of hydrogen-bond donors (Lipinski definition) is 2. The fraction of sp³-hybridized carbons (Fsp3) is 0.500. The molecule has 1 fully saturated rings. The molecule has 2 N–H and O–H groups in total. The molecule has 0 atom stereocenters. The number of halogens is 2. The Morgan fingerprint density at radius 2 is 1.67 bits per heavy atom. The monoisotopic (exact) mass is 355 g/mol. The fourth-order valence-corrected chi connectivity index (χ4v) is 5.47. The first-order valence-corrected chi connectivity index (χ1v) is 9.94. The van der Waals surface area contributed by atoms with Crippen molar-refractivity contribution in [3.63, 3.8) is 0 Å². The highest BCUT2D eigenvalue weighted by Gasteiger charge is 2.31. The van der Waals surface area contributed by atoms with Crippen LogP contribution in [0.1, 0.15) is 0 Å². The summed E-state index contributed by atoms with van der Waals surface area (Å²) in [5, 5.41) is 10.4. The van der Waals surface area contributed by atoms with Crippen LogP contribution in [-0.2, 0) is 10.0 Å². The first-order valence-electron chi connectivity index (χ1n) is 6.14. The van der Waals surface area contributed by atoms with Gasteiger partial charge in [0.1, 0.15) is 11.6 Å². The molecule has 0 aromatic heterocycles. The van der Waals surface area contributed by atoms with Gasteiger partial charge in [0.25, 0.3) is 0 Å². The summed E-state index contributed by atoms with van der Waals surface area (Å²) in [6.07, 6.45) is 0. The second-order valence-corrected chi connectivity index (χ2v) is 8.74. The number of thioether (sulfide) groups is 2. The van der Waals surface area contributed by atoms with Gasteiger partial charge in [-0.2, -0.15) is 23.5 Å². The number of benzene rings is 1. The Balaban J connectivity index is 2.10. The van der Waals surface area contributed by atoms with E-state index in [-0.39, 0.29) is 6.54 Å². The molecule has 21 heavy (non-hydrogen) atoms.